The fourth-order valence-electron chi connectivity index (χ4n) is 2.63. The molecule has 12 heteroatoms. The number of benzene rings is 2. The molecule has 0 fully saturated rings. The van der Waals surface area contributed by atoms with Crippen LogP contribution in [-0.4, -0.2) is 24.0 Å². The van der Waals surface area contributed by atoms with E-state index in [0.29, 0.717) is 29.3 Å². The third-order valence-electron chi connectivity index (χ3n) is 4.02. The SMILES string of the molecule is COc1ccccc1NC(=O)Nc1nc(CC(=O)Nc2ccc(F)c(C(F)(F)F)c2)cs1. The highest BCUT2D eigenvalue weighted by atomic mass is 32.1. The van der Waals surface area contributed by atoms with Gasteiger partial charge in [0.25, 0.3) is 0 Å². The Kier molecular flexibility index (Phi) is 6.93. The molecule has 0 aliphatic heterocycles. The van der Waals surface area contributed by atoms with Crippen LogP contribution in [-0.2, 0) is 17.4 Å². The van der Waals surface area contributed by atoms with E-state index in [1.807, 2.05) is 0 Å². The van der Waals surface area contributed by atoms with E-state index in [2.05, 4.69) is 20.9 Å². The summed E-state index contributed by atoms with van der Waals surface area (Å²) in [4.78, 5) is 28.4. The van der Waals surface area contributed by atoms with Crippen molar-refractivity contribution in [3.05, 3.63) is 64.9 Å². The van der Waals surface area contributed by atoms with E-state index < -0.39 is 29.5 Å². The second-order valence-electron chi connectivity index (χ2n) is 6.34. The number of rotatable bonds is 6. The molecule has 2 aromatic carbocycles. The maximum absolute atomic E-state index is 13.3. The maximum atomic E-state index is 13.3. The highest BCUT2D eigenvalue weighted by molar-refractivity contribution is 7.14. The number of alkyl halides is 3. The Hall–Kier alpha value is -3.67. The average Bonchev–Trinajstić information content (AvgIpc) is 3.15. The molecule has 7 nitrogen and oxygen atoms in total. The standard InChI is InChI=1S/C20H16F4N4O3S/c1-31-16-5-3-2-4-15(16)27-18(30)28-19-26-12(10-32-19)9-17(29)25-11-6-7-14(21)13(8-11)20(22,23)24/h2-8,10H,9H2,1H3,(H,25,29)(H2,26,27,28,30). The summed E-state index contributed by atoms with van der Waals surface area (Å²) < 4.78 is 56.9. The molecule has 0 atom stereocenters. The zero-order valence-corrected chi connectivity index (χ0v) is 17.2. The van der Waals surface area contributed by atoms with Gasteiger partial charge in [-0.2, -0.15) is 13.2 Å². The van der Waals surface area contributed by atoms with E-state index >= 15 is 0 Å². The average molecular weight is 468 g/mol. The van der Waals surface area contributed by atoms with Gasteiger partial charge < -0.3 is 15.4 Å². The van der Waals surface area contributed by atoms with Crippen molar-refractivity contribution in [2.45, 2.75) is 12.6 Å². The molecule has 0 spiro atoms. The van der Waals surface area contributed by atoms with Gasteiger partial charge in [-0.25, -0.2) is 14.2 Å². The van der Waals surface area contributed by atoms with Crippen LogP contribution in [0, 0.1) is 5.82 Å². The highest BCUT2D eigenvalue weighted by Gasteiger charge is 2.34. The van der Waals surface area contributed by atoms with Crippen LogP contribution in [0.5, 0.6) is 5.75 Å². The number of anilines is 3. The van der Waals surface area contributed by atoms with Gasteiger partial charge in [0, 0.05) is 11.1 Å². The number of carbonyl (C=O) groups excluding carboxylic acids is 2. The first kappa shape index (κ1) is 23.0. The summed E-state index contributed by atoms with van der Waals surface area (Å²) in [5, 5.41) is 9.12. The van der Waals surface area contributed by atoms with E-state index in [1.165, 1.54) is 12.5 Å². The van der Waals surface area contributed by atoms with Crippen LogP contribution in [0.1, 0.15) is 11.3 Å². The number of urea groups is 1. The number of para-hydroxylation sites is 2. The smallest absolute Gasteiger partial charge is 0.419 e. The first-order valence-corrected chi connectivity index (χ1v) is 9.85. The van der Waals surface area contributed by atoms with E-state index in [1.54, 1.807) is 24.3 Å². The van der Waals surface area contributed by atoms with Crippen LogP contribution in [0.2, 0.25) is 0 Å². The first-order chi connectivity index (χ1) is 15.2. The Balaban J connectivity index is 1.58. The molecule has 0 saturated carbocycles. The Morgan fingerprint density at radius 3 is 2.56 bits per heavy atom. The summed E-state index contributed by atoms with van der Waals surface area (Å²) in [5.41, 5.74) is -0.940. The molecule has 3 aromatic rings. The van der Waals surface area contributed by atoms with Crippen molar-refractivity contribution in [1.82, 2.24) is 4.98 Å². The molecule has 0 unspecified atom stereocenters. The zero-order chi connectivity index (χ0) is 23.3. The minimum absolute atomic E-state index is 0.200. The Morgan fingerprint density at radius 1 is 1.09 bits per heavy atom. The van der Waals surface area contributed by atoms with Gasteiger partial charge in [0.15, 0.2) is 5.13 Å². The van der Waals surface area contributed by atoms with E-state index in [-0.39, 0.29) is 17.2 Å². The van der Waals surface area contributed by atoms with Gasteiger partial charge in [0.05, 0.1) is 30.5 Å². The lowest BCUT2D eigenvalue weighted by Crippen LogP contribution is -2.20. The third-order valence-corrected chi connectivity index (χ3v) is 4.83. The normalized spacial score (nSPS) is 11.0. The number of hydrogen-bond acceptors (Lipinski definition) is 5. The second kappa shape index (κ2) is 9.64. The Labute approximate surface area is 183 Å². The number of hydrogen-bond donors (Lipinski definition) is 3. The summed E-state index contributed by atoms with van der Waals surface area (Å²) in [5.74, 6) is -1.62. The molecule has 168 valence electrons. The second-order valence-corrected chi connectivity index (χ2v) is 7.20. The quantitative estimate of drug-likeness (QED) is 0.437. The van der Waals surface area contributed by atoms with Crippen LogP contribution in [0.3, 0.4) is 0 Å². The number of amides is 3. The van der Waals surface area contributed by atoms with Crippen molar-refractivity contribution in [3.63, 3.8) is 0 Å². The van der Waals surface area contributed by atoms with Crippen molar-refractivity contribution in [3.8, 4) is 5.75 Å². The number of aromatic nitrogens is 1. The van der Waals surface area contributed by atoms with Gasteiger partial charge in [0.1, 0.15) is 11.6 Å². The highest BCUT2D eigenvalue weighted by Crippen LogP contribution is 2.33. The summed E-state index contributed by atoms with van der Waals surface area (Å²) in [6.07, 6.45) is -5.14. The number of ether oxygens (including phenoxy) is 1. The molecule has 3 N–H and O–H groups in total. The number of thiazole rings is 1. The lowest BCUT2D eigenvalue weighted by atomic mass is 10.1. The minimum atomic E-state index is -4.88. The summed E-state index contributed by atoms with van der Waals surface area (Å²) in [6.45, 7) is 0. The van der Waals surface area contributed by atoms with Crippen LogP contribution in [0.15, 0.2) is 47.8 Å². The van der Waals surface area contributed by atoms with Crippen molar-refractivity contribution in [2.75, 3.05) is 23.1 Å². The minimum Gasteiger partial charge on any atom is -0.495 e. The van der Waals surface area contributed by atoms with Gasteiger partial charge in [-0.15, -0.1) is 11.3 Å². The van der Waals surface area contributed by atoms with Crippen molar-refractivity contribution in [2.24, 2.45) is 0 Å². The molecule has 3 rings (SSSR count). The predicted molar refractivity (Wildman–Crippen MR) is 111 cm³/mol. The van der Waals surface area contributed by atoms with Crippen molar-refractivity contribution < 1.29 is 31.9 Å². The fraction of sp³-hybridized carbons (Fsp3) is 0.150. The third kappa shape index (κ3) is 5.94. The molecule has 32 heavy (non-hydrogen) atoms. The number of halogens is 4. The molecular weight excluding hydrogens is 452 g/mol. The number of methoxy groups -OCH3 is 1. The van der Waals surface area contributed by atoms with E-state index in [0.717, 1.165) is 17.4 Å². The van der Waals surface area contributed by atoms with Gasteiger partial charge >= 0.3 is 12.2 Å². The molecule has 0 bridgehead atoms. The molecule has 0 aliphatic carbocycles. The van der Waals surface area contributed by atoms with E-state index in [4.69, 9.17) is 4.74 Å². The van der Waals surface area contributed by atoms with Crippen LogP contribution in [0.25, 0.3) is 0 Å². The molecule has 3 amide bonds. The molecule has 1 aromatic heterocycles. The predicted octanol–water partition coefficient (Wildman–Crippen LogP) is 5.13. The molecule has 1 heterocycles. The Morgan fingerprint density at radius 2 is 1.84 bits per heavy atom. The molecular formula is C20H16F4N4O3S. The van der Waals surface area contributed by atoms with Gasteiger partial charge in [-0.3, -0.25) is 10.1 Å². The number of nitrogens with one attached hydrogen (secondary N) is 3. The molecule has 0 saturated heterocycles. The lowest BCUT2D eigenvalue weighted by molar-refractivity contribution is -0.140. The van der Waals surface area contributed by atoms with Gasteiger partial charge in [-0.1, -0.05) is 12.1 Å². The van der Waals surface area contributed by atoms with Gasteiger partial charge in [-0.05, 0) is 30.3 Å². The Bertz CT molecular complexity index is 1130. The summed E-state index contributed by atoms with van der Waals surface area (Å²) in [7, 11) is 1.46. The van der Waals surface area contributed by atoms with Crippen LogP contribution in [0.4, 0.5) is 38.9 Å². The summed E-state index contributed by atoms with van der Waals surface area (Å²) >= 11 is 1.06. The van der Waals surface area contributed by atoms with Crippen LogP contribution >= 0.6 is 11.3 Å². The largest absolute Gasteiger partial charge is 0.495 e. The zero-order valence-electron chi connectivity index (χ0n) is 16.4. The number of nitrogens with zero attached hydrogens (tertiary/aromatic N) is 1. The van der Waals surface area contributed by atoms with Gasteiger partial charge in [0.2, 0.25) is 5.91 Å². The number of carbonyl (C=O) groups is 2. The fourth-order valence-corrected chi connectivity index (χ4v) is 3.34. The van der Waals surface area contributed by atoms with Crippen molar-refractivity contribution in [1.29, 1.82) is 0 Å². The maximum Gasteiger partial charge on any atom is 0.419 e. The van der Waals surface area contributed by atoms with Crippen LogP contribution < -0.4 is 20.7 Å². The lowest BCUT2D eigenvalue weighted by Gasteiger charge is -2.10. The summed E-state index contributed by atoms with van der Waals surface area (Å²) in [6, 6.07) is 8.38. The monoisotopic (exact) mass is 468 g/mol. The van der Waals surface area contributed by atoms with Crippen molar-refractivity contribution >= 4 is 39.8 Å². The molecule has 0 aliphatic rings. The topological polar surface area (TPSA) is 92.3 Å². The van der Waals surface area contributed by atoms with E-state index in [9.17, 15) is 27.2 Å². The first-order valence-electron chi connectivity index (χ1n) is 8.97. The molecule has 0 radical (unpaired) electrons.